The maximum atomic E-state index is 12.5. The van der Waals surface area contributed by atoms with Gasteiger partial charge in [0.25, 0.3) is 0 Å². The maximum Gasteiger partial charge on any atom is 0.353 e. The Kier molecular flexibility index (Phi) is 5.85. The van der Waals surface area contributed by atoms with Crippen molar-refractivity contribution in [3.63, 3.8) is 0 Å². The highest BCUT2D eigenvalue weighted by molar-refractivity contribution is 8.03. The van der Waals surface area contributed by atoms with E-state index in [0.717, 1.165) is 25.1 Å². The number of aromatic carboxylic acids is 1. The number of hydrogen-bond acceptors (Lipinski definition) is 6. The van der Waals surface area contributed by atoms with Crippen molar-refractivity contribution in [3.8, 4) is 0 Å². The van der Waals surface area contributed by atoms with Gasteiger partial charge in [-0.05, 0) is 37.6 Å². The largest absolute Gasteiger partial charge is 0.478 e. The topological polar surface area (TPSA) is 118 Å². The van der Waals surface area contributed by atoms with Gasteiger partial charge >= 0.3 is 11.9 Å². The number of carboxylic acid groups (broad SMARTS) is 2. The molecule has 3 N–H and O–H groups in total. The summed E-state index contributed by atoms with van der Waals surface area (Å²) < 4.78 is 0. The van der Waals surface area contributed by atoms with Gasteiger partial charge in [-0.15, -0.1) is 11.8 Å². The Labute approximate surface area is 184 Å². The summed E-state index contributed by atoms with van der Waals surface area (Å²) in [5.41, 5.74) is 1.26. The molecule has 4 rings (SSSR count). The van der Waals surface area contributed by atoms with Crippen molar-refractivity contribution in [1.29, 1.82) is 0 Å². The van der Waals surface area contributed by atoms with E-state index in [4.69, 9.17) is 0 Å². The molecule has 0 radical (unpaired) electrons. The predicted molar refractivity (Wildman–Crippen MR) is 114 cm³/mol. The van der Waals surface area contributed by atoms with Crippen LogP contribution in [0, 0.1) is 11.8 Å². The van der Waals surface area contributed by atoms with Crippen molar-refractivity contribution in [2.45, 2.75) is 44.2 Å². The average Bonchev–Trinajstić information content (AvgIpc) is 3.23. The van der Waals surface area contributed by atoms with Crippen LogP contribution in [0.3, 0.4) is 0 Å². The quantitative estimate of drug-likeness (QED) is 0.543. The zero-order valence-electron chi connectivity index (χ0n) is 17.4. The van der Waals surface area contributed by atoms with Gasteiger partial charge in [-0.2, -0.15) is 0 Å². The molecule has 1 amide bonds. The van der Waals surface area contributed by atoms with Crippen LogP contribution in [0.5, 0.6) is 0 Å². The second kappa shape index (κ2) is 8.29. The highest BCUT2D eigenvalue weighted by Crippen LogP contribution is 2.51. The molecular weight excluding hydrogens is 420 g/mol. The number of rotatable bonds is 7. The third kappa shape index (κ3) is 3.86. The number of carbonyl (C=O) groups is 3. The van der Waals surface area contributed by atoms with Crippen molar-refractivity contribution in [2.24, 2.45) is 11.8 Å². The molecule has 1 aromatic carbocycles. The normalized spacial score (nSPS) is 29.1. The van der Waals surface area contributed by atoms with Gasteiger partial charge in [-0.25, -0.2) is 9.59 Å². The summed E-state index contributed by atoms with van der Waals surface area (Å²) in [7, 11) is 0. The van der Waals surface area contributed by atoms with E-state index in [-0.39, 0.29) is 34.4 Å². The van der Waals surface area contributed by atoms with E-state index in [1.165, 1.54) is 16.7 Å². The fraction of sp³-hybridized carbons (Fsp3) is 0.500. The molecule has 0 spiro atoms. The number of nitrogens with zero attached hydrogens (tertiary/aromatic N) is 2. The van der Waals surface area contributed by atoms with E-state index in [1.807, 2.05) is 13.0 Å². The van der Waals surface area contributed by atoms with E-state index in [9.17, 15) is 29.7 Å². The minimum absolute atomic E-state index is 0.0667. The smallest absolute Gasteiger partial charge is 0.353 e. The lowest BCUT2D eigenvalue weighted by molar-refractivity contribution is -0.163. The Morgan fingerprint density at radius 2 is 2.00 bits per heavy atom. The molecular formula is C22H26N2O6S. The molecule has 166 valence electrons. The zero-order valence-corrected chi connectivity index (χ0v) is 18.2. The van der Waals surface area contributed by atoms with E-state index in [0.29, 0.717) is 11.4 Å². The van der Waals surface area contributed by atoms with E-state index in [2.05, 4.69) is 4.90 Å². The van der Waals surface area contributed by atoms with Crippen LogP contribution in [0.2, 0.25) is 0 Å². The molecule has 0 aromatic heterocycles. The first-order chi connectivity index (χ1) is 14.7. The second-order valence-corrected chi connectivity index (χ2v) is 9.88. The van der Waals surface area contributed by atoms with Crippen molar-refractivity contribution in [2.75, 3.05) is 13.1 Å². The Morgan fingerprint density at radius 1 is 1.26 bits per heavy atom. The van der Waals surface area contributed by atoms with Gasteiger partial charge in [0.05, 0.1) is 23.6 Å². The number of amides is 1. The number of likely N-dealkylation sites (tertiary alicyclic amines) is 1. The van der Waals surface area contributed by atoms with Crippen LogP contribution in [-0.2, 0) is 16.1 Å². The Balaban J connectivity index is 1.45. The minimum Gasteiger partial charge on any atom is -0.478 e. The second-order valence-electron chi connectivity index (χ2n) is 8.54. The minimum atomic E-state index is -1.10. The van der Waals surface area contributed by atoms with Crippen LogP contribution < -0.4 is 0 Å². The molecule has 0 aliphatic carbocycles. The van der Waals surface area contributed by atoms with Gasteiger partial charge in [0.2, 0.25) is 5.91 Å². The molecule has 2 fully saturated rings. The van der Waals surface area contributed by atoms with Gasteiger partial charge in [0.1, 0.15) is 5.70 Å². The molecule has 9 heteroatoms. The number of hydrogen-bond donors (Lipinski definition) is 3. The van der Waals surface area contributed by atoms with Crippen LogP contribution in [0.4, 0.5) is 0 Å². The molecule has 3 aliphatic rings. The van der Waals surface area contributed by atoms with Gasteiger partial charge in [0.15, 0.2) is 0 Å². The number of fused-ring (bicyclic) bond motifs is 1. The molecule has 2 saturated heterocycles. The van der Waals surface area contributed by atoms with Gasteiger partial charge in [-0.1, -0.05) is 19.1 Å². The van der Waals surface area contributed by atoms with Crippen LogP contribution in [0.1, 0.15) is 36.2 Å². The lowest BCUT2D eigenvalue weighted by Crippen LogP contribution is -2.63. The summed E-state index contributed by atoms with van der Waals surface area (Å²) in [5.74, 6) is -3.05. The molecule has 5 atom stereocenters. The standard InChI is InChI=1S/C22H26N2O6S/c1-11-17-16(12(2)25)20(26)24(17)18(22(29)30)19(11)31-15-6-7-23(10-15)9-13-4-3-5-14(8-13)21(27)28/h3-5,8,11-12,15-17,25H,6-7,9-10H2,1-2H3,(H,27,28)(H,29,30)/t11-,12-,15?,16-,17?/m1/s1. The zero-order chi connectivity index (χ0) is 22.4. The van der Waals surface area contributed by atoms with Gasteiger partial charge in [-0.3, -0.25) is 9.69 Å². The van der Waals surface area contributed by atoms with Crippen LogP contribution in [0.15, 0.2) is 34.9 Å². The first-order valence-electron chi connectivity index (χ1n) is 10.4. The van der Waals surface area contributed by atoms with Crippen molar-refractivity contribution in [3.05, 3.63) is 46.0 Å². The summed E-state index contributed by atoms with van der Waals surface area (Å²) in [4.78, 5) is 39.9. The Bertz CT molecular complexity index is 961. The molecule has 1 aromatic rings. The summed E-state index contributed by atoms with van der Waals surface area (Å²) in [6.45, 7) is 5.73. The Hall–Kier alpha value is -2.36. The van der Waals surface area contributed by atoms with Crippen LogP contribution >= 0.6 is 11.8 Å². The first-order valence-corrected chi connectivity index (χ1v) is 11.3. The fourth-order valence-electron chi connectivity index (χ4n) is 4.96. The number of carboxylic acids is 2. The average molecular weight is 447 g/mol. The molecule has 0 bridgehead atoms. The highest BCUT2D eigenvalue weighted by Gasteiger charge is 2.60. The highest BCUT2D eigenvalue weighted by atomic mass is 32.2. The van der Waals surface area contributed by atoms with Gasteiger partial charge < -0.3 is 20.2 Å². The van der Waals surface area contributed by atoms with Crippen molar-refractivity contribution < 1.29 is 29.7 Å². The summed E-state index contributed by atoms with van der Waals surface area (Å²) in [6, 6.07) is 6.60. The van der Waals surface area contributed by atoms with Gasteiger partial charge in [0, 0.05) is 29.2 Å². The number of benzene rings is 1. The molecule has 8 nitrogen and oxygen atoms in total. The monoisotopic (exact) mass is 446 g/mol. The third-order valence-electron chi connectivity index (χ3n) is 6.41. The molecule has 3 aliphatic heterocycles. The summed E-state index contributed by atoms with van der Waals surface area (Å²) in [5, 5.41) is 29.1. The lowest BCUT2D eigenvalue weighted by atomic mass is 9.79. The van der Waals surface area contributed by atoms with Crippen molar-refractivity contribution in [1.82, 2.24) is 9.80 Å². The number of aliphatic carboxylic acids is 1. The predicted octanol–water partition coefficient (Wildman–Crippen LogP) is 1.85. The summed E-state index contributed by atoms with van der Waals surface area (Å²) in [6.07, 6.45) is 0.0735. The van der Waals surface area contributed by atoms with Crippen LogP contribution in [-0.4, -0.2) is 73.5 Å². The molecule has 2 unspecified atom stereocenters. The van der Waals surface area contributed by atoms with E-state index in [1.54, 1.807) is 25.1 Å². The van der Waals surface area contributed by atoms with E-state index < -0.39 is 24.0 Å². The van der Waals surface area contributed by atoms with Crippen LogP contribution in [0.25, 0.3) is 0 Å². The third-order valence-corrected chi connectivity index (χ3v) is 7.95. The molecule has 3 heterocycles. The fourth-order valence-corrected chi connectivity index (χ4v) is 6.48. The first kappa shape index (κ1) is 21.9. The number of aliphatic hydroxyl groups excluding tert-OH is 1. The molecule has 31 heavy (non-hydrogen) atoms. The number of β-lactam (4-membered cyclic amide) rings is 1. The Morgan fingerprint density at radius 3 is 2.65 bits per heavy atom. The van der Waals surface area contributed by atoms with E-state index >= 15 is 0 Å². The lowest BCUT2D eigenvalue weighted by Gasteiger charge is -2.46. The SMILES string of the molecule is C[C@H]1C(SC2CCN(Cc3cccc(C(=O)O)c3)C2)=C(C(=O)O)N2C(=O)[C@H]([C@@H](C)O)C12. The summed E-state index contributed by atoms with van der Waals surface area (Å²) >= 11 is 1.53. The van der Waals surface area contributed by atoms with Crippen molar-refractivity contribution >= 4 is 29.6 Å². The maximum absolute atomic E-state index is 12.5. The number of carbonyl (C=O) groups excluding carboxylic acids is 1. The number of aliphatic hydroxyl groups is 1. The number of thioether (sulfide) groups is 1. The molecule has 0 saturated carbocycles.